The Hall–Kier alpha value is -1.11. The van der Waals surface area contributed by atoms with E-state index in [9.17, 15) is 35.4 Å². The van der Waals surface area contributed by atoms with Crippen LogP contribution in [0.4, 0.5) is 0 Å². The third-order valence-corrected chi connectivity index (χ3v) is 11.7. The standard InChI is InChI=1S/C47H91NO9/c1-3-5-7-9-11-13-15-17-19-21-23-25-27-29-31-33-35-40(50)39(38-56-47-45(54)44(53)43(52)42(37-49)57-47)48-46(55)41(51)36-34-32-30-28-26-24-22-20-18-16-14-12-10-8-6-4-2/h33,35,39-45,47,49-54H,3-32,34,36-38H2,1-2H3,(H,48,55)/b35-33+. The van der Waals surface area contributed by atoms with Gasteiger partial charge in [0.25, 0.3) is 0 Å². The average Bonchev–Trinajstić information content (AvgIpc) is 3.21. The first-order valence-corrected chi connectivity index (χ1v) is 24.0. The summed E-state index contributed by atoms with van der Waals surface area (Å²) in [5.41, 5.74) is 0. The molecular formula is C47H91NO9. The highest BCUT2D eigenvalue weighted by molar-refractivity contribution is 5.80. The molecule has 1 aliphatic rings. The summed E-state index contributed by atoms with van der Waals surface area (Å²) in [5.74, 6) is -0.613. The fourth-order valence-corrected chi connectivity index (χ4v) is 7.75. The number of amides is 1. The van der Waals surface area contributed by atoms with E-state index in [0.717, 1.165) is 44.9 Å². The number of rotatable bonds is 40. The van der Waals surface area contributed by atoms with E-state index in [1.807, 2.05) is 6.08 Å². The Morgan fingerprint density at radius 3 is 1.42 bits per heavy atom. The second-order valence-electron chi connectivity index (χ2n) is 17.1. The zero-order valence-electron chi connectivity index (χ0n) is 36.7. The number of carbonyl (C=O) groups excluding carboxylic acids is 1. The van der Waals surface area contributed by atoms with Gasteiger partial charge in [-0.3, -0.25) is 4.79 Å². The number of allylic oxidation sites excluding steroid dienone is 1. The van der Waals surface area contributed by atoms with Gasteiger partial charge in [-0.1, -0.05) is 212 Å². The van der Waals surface area contributed by atoms with Crippen molar-refractivity contribution in [3.8, 4) is 0 Å². The maximum atomic E-state index is 13.0. The smallest absolute Gasteiger partial charge is 0.249 e. The third kappa shape index (κ3) is 28.1. The highest BCUT2D eigenvalue weighted by Crippen LogP contribution is 2.23. The largest absolute Gasteiger partial charge is 0.394 e. The van der Waals surface area contributed by atoms with E-state index in [2.05, 4.69) is 19.2 Å². The lowest BCUT2D eigenvalue weighted by Crippen LogP contribution is -2.60. The van der Waals surface area contributed by atoms with Crippen LogP contribution in [0.15, 0.2) is 12.2 Å². The van der Waals surface area contributed by atoms with E-state index in [0.29, 0.717) is 6.42 Å². The van der Waals surface area contributed by atoms with Crippen LogP contribution in [0, 0.1) is 0 Å². The van der Waals surface area contributed by atoms with Gasteiger partial charge in [0.15, 0.2) is 6.29 Å². The average molecular weight is 814 g/mol. The van der Waals surface area contributed by atoms with Crippen molar-refractivity contribution in [2.24, 2.45) is 0 Å². The Balaban J connectivity index is 2.39. The molecule has 0 bridgehead atoms. The molecule has 0 radical (unpaired) electrons. The third-order valence-electron chi connectivity index (χ3n) is 11.7. The van der Waals surface area contributed by atoms with E-state index < -0.39 is 61.5 Å². The molecule has 10 nitrogen and oxygen atoms in total. The molecule has 0 saturated carbocycles. The molecule has 0 aromatic heterocycles. The van der Waals surface area contributed by atoms with Gasteiger partial charge in [0, 0.05) is 0 Å². The molecule has 8 unspecified atom stereocenters. The van der Waals surface area contributed by atoms with Crippen molar-refractivity contribution in [2.75, 3.05) is 13.2 Å². The number of hydrogen-bond donors (Lipinski definition) is 7. The van der Waals surface area contributed by atoms with Crippen LogP contribution in [0.2, 0.25) is 0 Å². The molecule has 57 heavy (non-hydrogen) atoms. The summed E-state index contributed by atoms with van der Waals surface area (Å²) in [6.45, 7) is 3.62. The summed E-state index contributed by atoms with van der Waals surface area (Å²) in [6, 6.07) is -0.974. The minimum absolute atomic E-state index is 0.301. The molecule has 1 aliphatic heterocycles. The van der Waals surface area contributed by atoms with Gasteiger partial charge in [-0.05, 0) is 19.3 Å². The van der Waals surface area contributed by atoms with Crippen molar-refractivity contribution in [1.82, 2.24) is 5.32 Å². The molecule has 1 saturated heterocycles. The second kappa shape index (κ2) is 37.9. The first-order chi connectivity index (χ1) is 27.8. The maximum Gasteiger partial charge on any atom is 0.249 e. The number of unbranched alkanes of at least 4 members (excludes halogenated alkanes) is 29. The van der Waals surface area contributed by atoms with E-state index in [4.69, 9.17) is 9.47 Å². The molecule has 8 atom stereocenters. The van der Waals surface area contributed by atoms with E-state index in [1.165, 1.54) is 154 Å². The zero-order valence-corrected chi connectivity index (χ0v) is 36.7. The van der Waals surface area contributed by atoms with Gasteiger partial charge in [-0.25, -0.2) is 0 Å². The van der Waals surface area contributed by atoms with Gasteiger partial charge in [-0.15, -0.1) is 0 Å². The van der Waals surface area contributed by atoms with Crippen LogP contribution in [0.25, 0.3) is 0 Å². The summed E-state index contributed by atoms with van der Waals surface area (Å²) in [4.78, 5) is 13.0. The predicted octanol–water partition coefficient (Wildman–Crippen LogP) is 9.09. The van der Waals surface area contributed by atoms with Gasteiger partial charge >= 0.3 is 0 Å². The molecule has 1 fully saturated rings. The maximum absolute atomic E-state index is 13.0. The molecule has 1 amide bonds. The monoisotopic (exact) mass is 814 g/mol. The number of aliphatic hydroxyl groups is 6. The molecule has 0 aromatic rings. The molecule has 338 valence electrons. The zero-order chi connectivity index (χ0) is 41.8. The van der Waals surface area contributed by atoms with Crippen LogP contribution >= 0.6 is 0 Å². The number of aliphatic hydroxyl groups excluding tert-OH is 6. The van der Waals surface area contributed by atoms with Crippen molar-refractivity contribution in [3.63, 3.8) is 0 Å². The van der Waals surface area contributed by atoms with E-state index >= 15 is 0 Å². The topological polar surface area (TPSA) is 169 Å². The Kier molecular flexibility index (Phi) is 35.8. The lowest BCUT2D eigenvalue weighted by Gasteiger charge is -2.40. The van der Waals surface area contributed by atoms with Crippen LogP contribution in [-0.2, 0) is 14.3 Å². The lowest BCUT2D eigenvalue weighted by atomic mass is 9.99. The minimum atomic E-state index is -1.61. The Bertz CT molecular complexity index is 921. The molecule has 1 rings (SSSR count). The molecule has 0 aromatic carbocycles. The molecular weight excluding hydrogens is 723 g/mol. The molecule has 7 N–H and O–H groups in total. The van der Waals surface area contributed by atoms with Crippen LogP contribution in [0.1, 0.15) is 219 Å². The first kappa shape index (κ1) is 53.9. The molecule has 1 heterocycles. The van der Waals surface area contributed by atoms with Crippen molar-refractivity contribution in [3.05, 3.63) is 12.2 Å². The van der Waals surface area contributed by atoms with E-state index in [-0.39, 0.29) is 6.61 Å². The SMILES string of the molecule is CCCCCCCCCCCCCCCC/C=C/C(O)C(COC1OC(CO)C(O)C(O)C1O)NC(=O)C(O)CCCCCCCCCCCCCCCCCC. The molecule has 0 spiro atoms. The van der Waals surface area contributed by atoms with Crippen LogP contribution in [0.5, 0.6) is 0 Å². The quantitative estimate of drug-likeness (QED) is 0.0236. The number of nitrogens with one attached hydrogen (secondary N) is 1. The summed E-state index contributed by atoms with van der Waals surface area (Å²) < 4.78 is 11.1. The Morgan fingerprint density at radius 1 is 0.596 bits per heavy atom. The second-order valence-corrected chi connectivity index (χ2v) is 17.1. The van der Waals surface area contributed by atoms with Gasteiger partial charge in [0.05, 0.1) is 25.4 Å². The highest BCUT2D eigenvalue weighted by atomic mass is 16.7. The van der Waals surface area contributed by atoms with Gasteiger partial charge in [0.1, 0.15) is 30.5 Å². The van der Waals surface area contributed by atoms with Gasteiger partial charge < -0.3 is 45.4 Å². The van der Waals surface area contributed by atoms with Gasteiger partial charge in [0.2, 0.25) is 5.91 Å². The van der Waals surface area contributed by atoms with Crippen molar-refractivity contribution in [1.29, 1.82) is 0 Å². The van der Waals surface area contributed by atoms with Gasteiger partial charge in [-0.2, -0.15) is 0 Å². The summed E-state index contributed by atoms with van der Waals surface area (Å²) in [6.07, 6.45) is 32.9. The van der Waals surface area contributed by atoms with Crippen molar-refractivity contribution in [2.45, 2.75) is 268 Å². The predicted molar refractivity (Wildman–Crippen MR) is 232 cm³/mol. The van der Waals surface area contributed by atoms with E-state index in [1.54, 1.807) is 6.08 Å². The minimum Gasteiger partial charge on any atom is -0.394 e. The van der Waals surface area contributed by atoms with Crippen LogP contribution in [-0.4, -0.2) is 98.7 Å². The first-order valence-electron chi connectivity index (χ1n) is 24.0. The fourth-order valence-electron chi connectivity index (χ4n) is 7.75. The van der Waals surface area contributed by atoms with Crippen molar-refractivity contribution < 1.29 is 44.9 Å². The number of hydrogen-bond acceptors (Lipinski definition) is 9. The fraction of sp³-hybridized carbons (Fsp3) is 0.936. The Labute approximate surface area is 349 Å². The van der Waals surface area contributed by atoms with Crippen LogP contribution in [0.3, 0.4) is 0 Å². The summed E-state index contributed by atoms with van der Waals surface area (Å²) in [5, 5.41) is 64.7. The highest BCUT2D eigenvalue weighted by Gasteiger charge is 2.44. The summed E-state index contributed by atoms with van der Waals surface area (Å²) in [7, 11) is 0. The number of ether oxygens (including phenoxy) is 2. The Morgan fingerprint density at radius 2 is 1.00 bits per heavy atom. The molecule has 10 heteroatoms. The van der Waals surface area contributed by atoms with Crippen molar-refractivity contribution >= 4 is 5.91 Å². The molecule has 0 aliphatic carbocycles. The summed E-state index contributed by atoms with van der Waals surface area (Å²) >= 11 is 0. The number of carbonyl (C=O) groups is 1. The lowest BCUT2D eigenvalue weighted by molar-refractivity contribution is -0.302. The van der Waals surface area contributed by atoms with Crippen LogP contribution < -0.4 is 5.32 Å². The normalized spacial score (nSPS) is 21.6.